The SMILES string of the molecule is CC(=N)O[C@H]1OC(COCc2ccccc2)[C@@H](OCc2ccccc2)C(OCc2ccccc2)[C@H]1C. The molecule has 6 heteroatoms. The first kappa shape index (κ1) is 26.0. The normalized spacial score (nSPS) is 23.8. The Labute approximate surface area is 213 Å². The van der Waals surface area contributed by atoms with E-state index in [1.807, 2.05) is 97.9 Å². The van der Waals surface area contributed by atoms with Crippen LogP contribution in [-0.4, -0.2) is 37.1 Å². The number of hydrogen-bond acceptors (Lipinski definition) is 6. The molecule has 2 unspecified atom stereocenters. The van der Waals surface area contributed by atoms with Gasteiger partial charge in [-0.3, -0.25) is 5.41 Å². The highest BCUT2D eigenvalue weighted by atomic mass is 16.7. The van der Waals surface area contributed by atoms with Gasteiger partial charge >= 0.3 is 0 Å². The molecular formula is C30H35NO5. The maximum Gasteiger partial charge on any atom is 0.206 e. The minimum absolute atomic E-state index is 0.0984. The Hall–Kier alpha value is -3.03. The van der Waals surface area contributed by atoms with Gasteiger partial charge in [0.1, 0.15) is 12.2 Å². The van der Waals surface area contributed by atoms with E-state index >= 15 is 0 Å². The summed E-state index contributed by atoms with van der Waals surface area (Å²) >= 11 is 0. The van der Waals surface area contributed by atoms with Crippen molar-refractivity contribution < 1.29 is 23.7 Å². The molecule has 1 heterocycles. The maximum absolute atomic E-state index is 7.88. The fourth-order valence-electron chi connectivity index (χ4n) is 4.33. The molecule has 0 radical (unpaired) electrons. The van der Waals surface area contributed by atoms with Crippen LogP contribution in [-0.2, 0) is 43.5 Å². The molecule has 1 aliphatic heterocycles. The topological polar surface area (TPSA) is 70.0 Å². The first-order valence-corrected chi connectivity index (χ1v) is 12.4. The largest absolute Gasteiger partial charge is 0.452 e. The van der Waals surface area contributed by atoms with Gasteiger partial charge in [0.05, 0.1) is 32.5 Å². The third-order valence-electron chi connectivity index (χ3n) is 6.20. The van der Waals surface area contributed by atoms with E-state index in [0.717, 1.165) is 16.7 Å². The monoisotopic (exact) mass is 489 g/mol. The summed E-state index contributed by atoms with van der Waals surface area (Å²) < 4.78 is 31.1. The molecule has 0 aromatic heterocycles. The molecule has 190 valence electrons. The van der Waals surface area contributed by atoms with Crippen molar-refractivity contribution in [3.63, 3.8) is 0 Å². The molecule has 3 aromatic rings. The standard InChI is InChI=1S/C30H35NO5/c1-22-28(33-19-25-14-8-4-9-15-25)29(34-20-26-16-10-5-11-17-26)27(36-30(22)35-23(2)31)21-32-18-24-12-6-3-7-13-24/h3-17,22,27-31H,18-21H2,1-2H3/t22-,27?,28?,29-,30+/m1/s1. The fourth-order valence-corrected chi connectivity index (χ4v) is 4.33. The van der Waals surface area contributed by atoms with Gasteiger partial charge in [-0.1, -0.05) is 97.9 Å². The molecule has 0 amide bonds. The third-order valence-corrected chi connectivity index (χ3v) is 6.20. The molecule has 6 nitrogen and oxygen atoms in total. The van der Waals surface area contributed by atoms with Crippen molar-refractivity contribution in [2.75, 3.05) is 6.61 Å². The number of rotatable bonds is 11. The van der Waals surface area contributed by atoms with Crippen molar-refractivity contribution in [2.24, 2.45) is 5.92 Å². The van der Waals surface area contributed by atoms with Crippen molar-refractivity contribution in [3.8, 4) is 0 Å². The molecule has 4 rings (SSSR count). The molecule has 0 bridgehead atoms. The minimum atomic E-state index is -0.634. The number of nitrogens with one attached hydrogen (secondary N) is 1. The third kappa shape index (κ3) is 7.48. The highest BCUT2D eigenvalue weighted by Crippen LogP contribution is 2.32. The quantitative estimate of drug-likeness (QED) is 0.274. The highest BCUT2D eigenvalue weighted by Gasteiger charge is 2.46. The van der Waals surface area contributed by atoms with Crippen molar-refractivity contribution in [1.82, 2.24) is 0 Å². The first-order valence-electron chi connectivity index (χ1n) is 12.4. The lowest BCUT2D eigenvalue weighted by Gasteiger charge is -2.45. The van der Waals surface area contributed by atoms with E-state index in [0.29, 0.717) is 26.4 Å². The summed E-state index contributed by atoms with van der Waals surface area (Å²) in [4.78, 5) is 0. The molecule has 0 spiro atoms. The van der Waals surface area contributed by atoms with Gasteiger partial charge in [0.25, 0.3) is 0 Å². The number of hydrogen-bond donors (Lipinski definition) is 1. The van der Waals surface area contributed by atoms with E-state index in [9.17, 15) is 0 Å². The van der Waals surface area contributed by atoms with Gasteiger partial charge in [0.2, 0.25) is 6.29 Å². The Kier molecular flexibility index (Phi) is 9.64. The average molecular weight is 490 g/mol. The zero-order valence-electron chi connectivity index (χ0n) is 20.9. The zero-order valence-corrected chi connectivity index (χ0v) is 20.9. The Morgan fingerprint density at radius 2 is 1.19 bits per heavy atom. The van der Waals surface area contributed by atoms with Gasteiger partial charge in [0, 0.05) is 12.8 Å². The van der Waals surface area contributed by atoms with E-state index in [4.69, 9.17) is 29.1 Å². The summed E-state index contributed by atoms with van der Waals surface area (Å²) in [5.41, 5.74) is 3.24. The lowest BCUT2D eigenvalue weighted by molar-refractivity contribution is -0.285. The van der Waals surface area contributed by atoms with Crippen LogP contribution >= 0.6 is 0 Å². The molecule has 1 aliphatic rings. The molecule has 0 aliphatic carbocycles. The van der Waals surface area contributed by atoms with Gasteiger partial charge in [-0.2, -0.15) is 0 Å². The fraction of sp³-hybridized carbons (Fsp3) is 0.367. The summed E-state index contributed by atoms with van der Waals surface area (Å²) in [6.07, 6.45) is -1.77. The van der Waals surface area contributed by atoms with Crippen LogP contribution in [0.2, 0.25) is 0 Å². The van der Waals surface area contributed by atoms with Gasteiger partial charge in [-0.05, 0) is 16.7 Å². The van der Waals surface area contributed by atoms with Crippen LogP contribution in [0.3, 0.4) is 0 Å². The second-order valence-electron chi connectivity index (χ2n) is 9.10. The van der Waals surface area contributed by atoms with Gasteiger partial charge in [-0.25, -0.2) is 0 Å². The molecule has 1 saturated heterocycles. The predicted molar refractivity (Wildman–Crippen MR) is 138 cm³/mol. The lowest BCUT2D eigenvalue weighted by Crippen LogP contribution is -2.57. The molecule has 0 saturated carbocycles. The summed E-state index contributed by atoms with van der Waals surface area (Å²) in [6, 6.07) is 30.2. The lowest BCUT2D eigenvalue weighted by atomic mass is 9.91. The molecule has 36 heavy (non-hydrogen) atoms. The van der Waals surface area contributed by atoms with E-state index < -0.39 is 12.4 Å². The van der Waals surface area contributed by atoms with E-state index in [1.54, 1.807) is 6.92 Å². The van der Waals surface area contributed by atoms with Crippen LogP contribution in [0.15, 0.2) is 91.0 Å². The van der Waals surface area contributed by atoms with Crippen LogP contribution in [0, 0.1) is 11.3 Å². The van der Waals surface area contributed by atoms with E-state index in [2.05, 4.69) is 0 Å². The average Bonchev–Trinajstić information content (AvgIpc) is 2.90. The molecule has 1 fully saturated rings. The van der Waals surface area contributed by atoms with Crippen LogP contribution < -0.4 is 0 Å². The Balaban J connectivity index is 1.52. The molecule has 5 atom stereocenters. The van der Waals surface area contributed by atoms with Crippen molar-refractivity contribution >= 4 is 5.90 Å². The number of ether oxygens (including phenoxy) is 5. The summed E-state index contributed by atoms with van der Waals surface area (Å²) in [6.45, 7) is 5.26. The van der Waals surface area contributed by atoms with Crippen LogP contribution in [0.4, 0.5) is 0 Å². The summed E-state index contributed by atoms with van der Waals surface area (Å²) in [7, 11) is 0. The second-order valence-corrected chi connectivity index (χ2v) is 9.10. The van der Waals surface area contributed by atoms with E-state index in [-0.39, 0.29) is 24.0 Å². The minimum Gasteiger partial charge on any atom is -0.452 e. The zero-order chi connectivity index (χ0) is 25.2. The van der Waals surface area contributed by atoms with Crippen molar-refractivity contribution in [1.29, 1.82) is 5.41 Å². The van der Waals surface area contributed by atoms with Gasteiger partial charge < -0.3 is 23.7 Å². The van der Waals surface area contributed by atoms with Crippen LogP contribution in [0.1, 0.15) is 30.5 Å². The number of benzene rings is 3. The molecule has 1 N–H and O–H groups in total. The summed E-state index contributed by atoms with van der Waals surface area (Å²) in [5, 5.41) is 7.88. The van der Waals surface area contributed by atoms with Crippen LogP contribution in [0.5, 0.6) is 0 Å². The van der Waals surface area contributed by atoms with Crippen LogP contribution in [0.25, 0.3) is 0 Å². The predicted octanol–water partition coefficient (Wildman–Crippen LogP) is 5.75. The summed E-state index contributed by atoms with van der Waals surface area (Å²) in [5.74, 6) is -0.0681. The molecule has 3 aromatic carbocycles. The maximum atomic E-state index is 7.88. The van der Waals surface area contributed by atoms with E-state index in [1.165, 1.54) is 0 Å². The molecular weight excluding hydrogens is 454 g/mol. The van der Waals surface area contributed by atoms with Crippen molar-refractivity contribution in [3.05, 3.63) is 108 Å². The van der Waals surface area contributed by atoms with Gasteiger partial charge in [0.15, 0.2) is 5.90 Å². The smallest absolute Gasteiger partial charge is 0.206 e. The highest BCUT2D eigenvalue weighted by molar-refractivity contribution is 5.69. The second kappa shape index (κ2) is 13.3. The Morgan fingerprint density at radius 1 is 0.722 bits per heavy atom. The Morgan fingerprint density at radius 3 is 1.69 bits per heavy atom. The van der Waals surface area contributed by atoms with Crippen molar-refractivity contribution in [2.45, 2.75) is 58.3 Å². The Bertz CT molecular complexity index is 1050. The van der Waals surface area contributed by atoms with Gasteiger partial charge in [-0.15, -0.1) is 0 Å². The first-order chi connectivity index (χ1) is 17.6.